The third-order valence-corrected chi connectivity index (χ3v) is 8.61. The molecule has 4 rings (SSSR count). The molecule has 0 amide bonds. The number of aliphatic hydroxyl groups excluding tert-OH is 1. The number of aliphatic hydroxyl groups is 2. The van der Waals surface area contributed by atoms with E-state index in [1.54, 1.807) is 7.11 Å². The van der Waals surface area contributed by atoms with E-state index in [4.69, 9.17) is 4.74 Å². The van der Waals surface area contributed by atoms with Gasteiger partial charge >= 0.3 is 0 Å². The average molecular weight is 294 g/mol. The molecule has 4 bridgehead atoms. The molecule has 4 saturated carbocycles. The molecule has 4 fully saturated rings. The molecule has 3 nitrogen and oxygen atoms in total. The molecule has 4 aliphatic rings. The van der Waals surface area contributed by atoms with Crippen molar-refractivity contribution in [3.8, 4) is 0 Å². The number of methoxy groups -OCH3 is 1. The lowest BCUT2D eigenvalue weighted by Crippen LogP contribution is -2.63. The number of hydrogen-bond acceptors (Lipinski definition) is 3. The van der Waals surface area contributed by atoms with Crippen molar-refractivity contribution in [2.45, 2.75) is 70.5 Å². The average Bonchev–Trinajstić information content (AvgIpc) is 2.89. The van der Waals surface area contributed by atoms with Crippen molar-refractivity contribution in [2.24, 2.45) is 28.1 Å². The number of rotatable bonds is 2. The highest BCUT2D eigenvalue weighted by molar-refractivity contribution is 5.33. The first-order valence-corrected chi connectivity index (χ1v) is 8.77. The molecule has 4 aliphatic carbocycles. The van der Waals surface area contributed by atoms with Gasteiger partial charge in [-0.3, -0.25) is 0 Å². The smallest absolute Gasteiger partial charge is 0.102 e. The Morgan fingerprint density at radius 3 is 2.48 bits per heavy atom. The van der Waals surface area contributed by atoms with Gasteiger partial charge in [-0.25, -0.2) is 0 Å². The van der Waals surface area contributed by atoms with E-state index in [2.05, 4.69) is 13.8 Å². The normalized spacial score (nSPS) is 61.9. The second kappa shape index (κ2) is 4.04. The summed E-state index contributed by atoms with van der Waals surface area (Å²) >= 11 is 0. The lowest BCUT2D eigenvalue weighted by Gasteiger charge is -2.55. The Balaban J connectivity index is 1.94. The quantitative estimate of drug-likeness (QED) is 0.823. The van der Waals surface area contributed by atoms with Gasteiger partial charge in [0, 0.05) is 17.9 Å². The van der Waals surface area contributed by atoms with Gasteiger partial charge in [0.1, 0.15) is 5.60 Å². The first kappa shape index (κ1) is 14.5. The van der Waals surface area contributed by atoms with Crippen molar-refractivity contribution in [1.29, 1.82) is 0 Å². The monoisotopic (exact) mass is 294 g/mol. The molecule has 0 radical (unpaired) electrons. The Bertz CT molecular complexity index is 465. The largest absolute Gasteiger partial charge is 0.392 e. The van der Waals surface area contributed by atoms with E-state index in [9.17, 15) is 10.2 Å². The summed E-state index contributed by atoms with van der Waals surface area (Å²) in [5, 5.41) is 22.8. The molecular weight excluding hydrogens is 264 g/mol. The van der Waals surface area contributed by atoms with Gasteiger partial charge in [0.2, 0.25) is 0 Å². The topological polar surface area (TPSA) is 49.7 Å². The van der Waals surface area contributed by atoms with Gasteiger partial charge in [-0.05, 0) is 42.9 Å². The van der Waals surface area contributed by atoms with Crippen molar-refractivity contribution in [2.75, 3.05) is 13.7 Å². The molecule has 0 aromatic carbocycles. The van der Waals surface area contributed by atoms with Crippen LogP contribution >= 0.6 is 0 Å². The van der Waals surface area contributed by atoms with E-state index in [1.807, 2.05) is 0 Å². The van der Waals surface area contributed by atoms with Crippen LogP contribution in [0.3, 0.4) is 0 Å². The molecule has 7 atom stereocenters. The lowest BCUT2D eigenvalue weighted by molar-refractivity contribution is -0.222. The Morgan fingerprint density at radius 1 is 1.14 bits per heavy atom. The second-order valence-electron chi connectivity index (χ2n) is 8.83. The van der Waals surface area contributed by atoms with Crippen molar-refractivity contribution >= 4 is 0 Å². The van der Waals surface area contributed by atoms with Crippen molar-refractivity contribution in [3.63, 3.8) is 0 Å². The van der Waals surface area contributed by atoms with Crippen LogP contribution in [0.5, 0.6) is 0 Å². The number of hydrogen-bond donors (Lipinski definition) is 2. The summed E-state index contributed by atoms with van der Waals surface area (Å²) in [4.78, 5) is 0. The summed E-state index contributed by atoms with van der Waals surface area (Å²) in [6.07, 6.45) is 7.39. The minimum Gasteiger partial charge on any atom is -0.392 e. The Morgan fingerprint density at radius 2 is 1.86 bits per heavy atom. The van der Waals surface area contributed by atoms with E-state index in [0.29, 0.717) is 18.4 Å². The van der Waals surface area contributed by atoms with E-state index in [0.717, 1.165) is 25.7 Å². The van der Waals surface area contributed by atoms with Gasteiger partial charge in [0.15, 0.2) is 0 Å². The van der Waals surface area contributed by atoms with Crippen molar-refractivity contribution in [3.05, 3.63) is 0 Å². The molecule has 21 heavy (non-hydrogen) atoms. The molecule has 120 valence electrons. The molecule has 2 N–H and O–H groups in total. The zero-order chi connectivity index (χ0) is 15.1. The van der Waals surface area contributed by atoms with Crippen LogP contribution < -0.4 is 0 Å². The lowest BCUT2D eigenvalue weighted by atomic mass is 9.54. The molecule has 1 spiro atoms. The summed E-state index contributed by atoms with van der Waals surface area (Å²) in [7, 11) is 1.69. The van der Waals surface area contributed by atoms with E-state index in [1.165, 1.54) is 19.3 Å². The maximum atomic E-state index is 11.9. The highest BCUT2D eigenvalue weighted by Gasteiger charge is 2.84. The van der Waals surface area contributed by atoms with Gasteiger partial charge in [-0.1, -0.05) is 33.1 Å². The number of ether oxygens (including phenoxy) is 1. The predicted molar refractivity (Wildman–Crippen MR) is 80.8 cm³/mol. The summed E-state index contributed by atoms with van der Waals surface area (Å²) in [5.74, 6) is 1.17. The van der Waals surface area contributed by atoms with Crippen LogP contribution in [0.1, 0.15) is 58.8 Å². The van der Waals surface area contributed by atoms with Gasteiger partial charge in [-0.2, -0.15) is 0 Å². The van der Waals surface area contributed by atoms with Gasteiger partial charge < -0.3 is 14.9 Å². The molecule has 0 unspecified atom stereocenters. The molecular formula is C18H30O3. The Labute approximate surface area is 128 Å². The van der Waals surface area contributed by atoms with Crippen LogP contribution in [-0.4, -0.2) is 35.6 Å². The summed E-state index contributed by atoms with van der Waals surface area (Å²) in [6, 6.07) is 0. The molecule has 0 aromatic rings. The molecule has 0 aromatic heterocycles. The van der Waals surface area contributed by atoms with Crippen molar-refractivity contribution in [1.82, 2.24) is 0 Å². The van der Waals surface area contributed by atoms with Gasteiger partial charge in [0.05, 0.1) is 12.7 Å². The predicted octanol–water partition coefficient (Wildman–Crippen LogP) is 2.74. The summed E-state index contributed by atoms with van der Waals surface area (Å²) < 4.78 is 5.51. The fraction of sp³-hybridized carbons (Fsp3) is 1.00. The van der Waals surface area contributed by atoms with Crippen LogP contribution in [0.15, 0.2) is 0 Å². The second-order valence-corrected chi connectivity index (χ2v) is 8.83. The van der Waals surface area contributed by atoms with Gasteiger partial charge in [0.25, 0.3) is 0 Å². The fourth-order valence-corrected chi connectivity index (χ4v) is 7.93. The van der Waals surface area contributed by atoms with E-state index >= 15 is 0 Å². The third-order valence-electron chi connectivity index (χ3n) is 8.61. The van der Waals surface area contributed by atoms with Crippen LogP contribution in [0.25, 0.3) is 0 Å². The minimum absolute atomic E-state index is 0.118. The minimum atomic E-state index is -0.870. The molecule has 0 saturated heterocycles. The maximum absolute atomic E-state index is 11.9. The molecule has 0 heterocycles. The standard InChI is InChI=1S/C18H30O3/c1-15-8-4-6-12-10-16(15,2)18(20,11-21-3)17(14(12)15)9-5-7-13(17)19/h12-14,19-20H,4-11H2,1-3H3/t12-,13-,14+,15-,16-,17-,18-/m0/s1. The zero-order valence-electron chi connectivity index (χ0n) is 13.7. The van der Waals surface area contributed by atoms with Crippen LogP contribution in [-0.2, 0) is 4.74 Å². The molecule has 0 aliphatic heterocycles. The Kier molecular flexibility index (Phi) is 2.78. The SMILES string of the molecule is COC[C@@]1(O)[C@]2(CCC[C@@H]2O)[C@@H]2[C@H]3CCC[C@]2(C)[C@]1(C)C3. The highest BCUT2D eigenvalue weighted by atomic mass is 16.5. The first-order valence-electron chi connectivity index (χ1n) is 8.77. The van der Waals surface area contributed by atoms with Crippen LogP contribution in [0.4, 0.5) is 0 Å². The van der Waals surface area contributed by atoms with Crippen LogP contribution in [0, 0.1) is 28.1 Å². The van der Waals surface area contributed by atoms with Crippen LogP contribution in [0.2, 0.25) is 0 Å². The first-order chi connectivity index (χ1) is 9.87. The van der Waals surface area contributed by atoms with E-state index < -0.39 is 5.60 Å². The summed E-state index contributed by atoms with van der Waals surface area (Å²) in [6.45, 7) is 5.07. The Hall–Kier alpha value is -0.120. The highest BCUT2D eigenvalue weighted by Crippen LogP contribution is 2.83. The maximum Gasteiger partial charge on any atom is 0.102 e. The fourth-order valence-electron chi connectivity index (χ4n) is 7.93. The van der Waals surface area contributed by atoms with Gasteiger partial charge in [-0.15, -0.1) is 0 Å². The third kappa shape index (κ3) is 1.23. The molecule has 3 heteroatoms. The van der Waals surface area contributed by atoms with Crippen molar-refractivity contribution < 1.29 is 14.9 Å². The zero-order valence-corrected chi connectivity index (χ0v) is 13.7. The van der Waals surface area contributed by atoms with E-state index in [-0.39, 0.29) is 22.3 Å². The summed E-state index contributed by atoms with van der Waals surface area (Å²) in [5.41, 5.74) is -1.15.